The molecule has 0 radical (unpaired) electrons. The second-order valence-corrected chi connectivity index (χ2v) is 12.5. The molecule has 0 unspecified atom stereocenters. The molecule has 6 nitrogen and oxygen atoms in total. The van der Waals surface area contributed by atoms with Crippen molar-refractivity contribution in [3.63, 3.8) is 0 Å². The first kappa shape index (κ1) is 29.0. The smallest absolute Gasteiger partial charge is 0.164 e. The molecular weight excluding hydrogens is 632 g/mol. The van der Waals surface area contributed by atoms with E-state index in [0.717, 1.165) is 60.9 Å². The number of pyridine rings is 1. The zero-order valence-corrected chi connectivity index (χ0v) is 27.1. The highest BCUT2D eigenvalue weighted by Gasteiger charge is 2.19. The first-order valence-corrected chi connectivity index (χ1v) is 16.8. The molecule has 0 bridgehead atoms. The predicted molar refractivity (Wildman–Crippen MR) is 203 cm³/mol. The number of fused-ring (bicyclic) bond motifs is 6. The van der Waals surface area contributed by atoms with Crippen molar-refractivity contribution in [3.05, 3.63) is 170 Å². The van der Waals surface area contributed by atoms with Crippen LogP contribution < -0.4 is 0 Å². The second kappa shape index (κ2) is 11.6. The Morgan fingerprint density at radius 3 is 1.78 bits per heavy atom. The third-order valence-electron chi connectivity index (χ3n) is 9.48. The summed E-state index contributed by atoms with van der Waals surface area (Å²) in [7, 11) is 0. The standard InChI is InChI=1S/C44H27FN6/c45-31-20-17-29(18-21-31)42-47-41(28-10-3-1-4-11-28)48-43(49-42)30-19-24-39-37(26-30)35-23-22-33(27-40(35)50(39)32-12-5-2-6-13-32)51-38-16-8-7-14-34(38)36-15-9-25-46-44(36)51/h1-27H. The van der Waals surface area contributed by atoms with Crippen molar-refractivity contribution >= 4 is 43.7 Å². The molecule has 0 fully saturated rings. The summed E-state index contributed by atoms with van der Waals surface area (Å²) in [5.74, 6) is 1.26. The Morgan fingerprint density at radius 2 is 1.00 bits per heavy atom. The van der Waals surface area contributed by atoms with Gasteiger partial charge in [-0.05, 0) is 84.9 Å². The summed E-state index contributed by atoms with van der Waals surface area (Å²) in [6, 6.07) is 52.1. The molecule has 10 rings (SSSR count). The van der Waals surface area contributed by atoms with E-state index in [0.29, 0.717) is 23.0 Å². The summed E-state index contributed by atoms with van der Waals surface area (Å²) in [6.07, 6.45) is 1.85. The monoisotopic (exact) mass is 658 g/mol. The van der Waals surface area contributed by atoms with Crippen molar-refractivity contribution in [2.24, 2.45) is 0 Å². The fourth-order valence-electron chi connectivity index (χ4n) is 7.15. The van der Waals surface area contributed by atoms with Crippen LogP contribution in [0.25, 0.3) is 89.3 Å². The van der Waals surface area contributed by atoms with Crippen molar-refractivity contribution in [3.8, 4) is 45.5 Å². The summed E-state index contributed by atoms with van der Waals surface area (Å²) in [5.41, 5.74) is 8.70. The zero-order valence-electron chi connectivity index (χ0n) is 27.1. The number of rotatable bonds is 5. The van der Waals surface area contributed by atoms with Crippen LogP contribution in [0.15, 0.2) is 164 Å². The first-order valence-electron chi connectivity index (χ1n) is 16.8. The summed E-state index contributed by atoms with van der Waals surface area (Å²) in [5, 5.41) is 4.46. The lowest BCUT2D eigenvalue weighted by Gasteiger charge is -2.11. The topological polar surface area (TPSA) is 61.4 Å². The van der Waals surface area contributed by atoms with Crippen LogP contribution in [0.2, 0.25) is 0 Å². The molecule has 0 saturated heterocycles. The van der Waals surface area contributed by atoms with Gasteiger partial charge in [-0.3, -0.25) is 4.57 Å². The minimum atomic E-state index is -0.311. The van der Waals surface area contributed by atoms with E-state index < -0.39 is 0 Å². The third-order valence-corrected chi connectivity index (χ3v) is 9.48. The molecule has 0 aliphatic heterocycles. The summed E-state index contributed by atoms with van der Waals surface area (Å²) < 4.78 is 18.4. The minimum Gasteiger partial charge on any atom is -0.309 e. The van der Waals surface area contributed by atoms with Gasteiger partial charge in [0.05, 0.1) is 16.6 Å². The van der Waals surface area contributed by atoms with Crippen LogP contribution in [0.3, 0.4) is 0 Å². The molecule has 0 atom stereocenters. The molecule has 6 aromatic carbocycles. The van der Waals surface area contributed by atoms with Gasteiger partial charge in [0, 0.05) is 55.8 Å². The minimum absolute atomic E-state index is 0.311. The van der Waals surface area contributed by atoms with Crippen LogP contribution in [-0.4, -0.2) is 29.1 Å². The van der Waals surface area contributed by atoms with E-state index in [-0.39, 0.29) is 5.82 Å². The number of benzene rings is 6. The van der Waals surface area contributed by atoms with Gasteiger partial charge in [-0.15, -0.1) is 0 Å². The second-order valence-electron chi connectivity index (χ2n) is 12.5. The SMILES string of the molecule is Fc1ccc(-c2nc(-c3ccccc3)nc(-c3ccc4c(c3)c3ccc(-n5c6ccccc6c6cccnc65)cc3n4-c3ccccc3)n2)cc1. The van der Waals surface area contributed by atoms with Gasteiger partial charge in [-0.2, -0.15) is 0 Å². The van der Waals surface area contributed by atoms with Crippen LogP contribution >= 0.6 is 0 Å². The summed E-state index contributed by atoms with van der Waals surface area (Å²) >= 11 is 0. The van der Waals surface area contributed by atoms with Gasteiger partial charge in [0.15, 0.2) is 17.5 Å². The van der Waals surface area contributed by atoms with E-state index in [9.17, 15) is 4.39 Å². The number of aromatic nitrogens is 6. The molecule has 10 aromatic rings. The normalized spacial score (nSPS) is 11.6. The van der Waals surface area contributed by atoms with E-state index in [4.69, 9.17) is 19.9 Å². The fraction of sp³-hybridized carbons (Fsp3) is 0. The van der Waals surface area contributed by atoms with Crippen LogP contribution in [0, 0.1) is 5.82 Å². The lowest BCUT2D eigenvalue weighted by Crippen LogP contribution is -2.00. The van der Waals surface area contributed by atoms with E-state index in [2.05, 4.69) is 100 Å². The molecule has 0 spiro atoms. The molecule has 0 aliphatic carbocycles. The van der Waals surface area contributed by atoms with Crippen LogP contribution in [0.5, 0.6) is 0 Å². The number of nitrogens with zero attached hydrogens (tertiary/aromatic N) is 6. The zero-order chi connectivity index (χ0) is 33.9. The average Bonchev–Trinajstić information content (AvgIpc) is 3.71. The quantitative estimate of drug-likeness (QED) is 0.185. The van der Waals surface area contributed by atoms with E-state index >= 15 is 0 Å². The molecular formula is C44H27FN6. The number of hydrogen-bond acceptors (Lipinski definition) is 4. The highest BCUT2D eigenvalue weighted by atomic mass is 19.1. The maximum Gasteiger partial charge on any atom is 0.164 e. The maximum absolute atomic E-state index is 13.9. The predicted octanol–water partition coefficient (Wildman–Crippen LogP) is 10.6. The molecule has 0 aliphatic rings. The molecule has 4 aromatic heterocycles. The Kier molecular flexibility index (Phi) is 6.57. The Labute approximate surface area is 291 Å². The van der Waals surface area contributed by atoms with Crippen LogP contribution in [0.4, 0.5) is 4.39 Å². The summed E-state index contributed by atoms with van der Waals surface area (Å²) in [6.45, 7) is 0. The lowest BCUT2D eigenvalue weighted by molar-refractivity contribution is 0.628. The Balaban J connectivity index is 1.21. The van der Waals surface area contributed by atoms with Gasteiger partial charge in [0.1, 0.15) is 11.5 Å². The number of hydrogen-bond donors (Lipinski definition) is 0. The molecule has 0 amide bonds. The van der Waals surface area contributed by atoms with Crippen molar-refractivity contribution < 1.29 is 4.39 Å². The molecule has 0 saturated carbocycles. The highest BCUT2D eigenvalue weighted by Crippen LogP contribution is 2.38. The van der Waals surface area contributed by atoms with Crippen LogP contribution in [-0.2, 0) is 0 Å². The van der Waals surface area contributed by atoms with E-state index in [1.807, 2.05) is 48.7 Å². The van der Waals surface area contributed by atoms with Gasteiger partial charge >= 0.3 is 0 Å². The van der Waals surface area contributed by atoms with Crippen molar-refractivity contribution in [2.75, 3.05) is 0 Å². The first-order chi connectivity index (χ1) is 25.2. The van der Waals surface area contributed by atoms with Gasteiger partial charge in [-0.25, -0.2) is 24.3 Å². The maximum atomic E-state index is 13.9. The third kappa shape index (κ3) is 4.78. The van der Waals surface area contributed by atoms with Crippen molar-refractivity contribution in [2.45, 2.75) is 0 Å². The number of halogens is 1. The van der Waals surface area contributed by atoms with Gasteiger partial charge in [0.25, 0.3) is 0 Å². The van der Waals surface area contributed by atoms with E-state index in [1.165, 1.54) is 17.5 Å². The van der Waals surface area contributed by atoms with Gasteiger partial charge in [-0.1, -0.05) is 72.8 Å². The molecule has 7 heteroatoms. The molecule has 240 valence electrons. The fourth-order valence-corrected chi connectivity index (χ4v) is 7.15. The molecule has 51 heavy (non-hydrogen) atoms. The average molecular weight is 659 g/mol. The largest absolute Gasteiger partial charge is 0.309 e. The van der Waals surface area contributed by atoms with E-state index in [1.54, 1.807) is 12.1 Å². The van der Waals surface area contributed by atoms with Crippen LogP contribution in [0.1, 0.15) is 0 Å². The van der Waals surface area contributed by atoms with Gasteiger partial charge in [0.2, 0.25) is 0 Å². The summed E-state index contributed by atoms with van der Waals surface area (Å²) in [4.78, 5) is 19.5. The highest BCUT2D eigenvalue weighted by molar-refractivity contribution is 6.12. The molecule has 0 N–H and O–H groups in total. The Morgan fingerprint density at radius 1 is 0.392 bits per heavy atom. The Hall–Kier alpha value is -6.99. The lowest BCUT2D eigenvalue weighted by atomic mass is 10.1. The van der Waals surface area contributed by atoms with Crippen molar-refractivity contribution in [1.29, 1.82) is 0 Å². The Bertz CT molecular complexity index is 2860. The van der Waals surface area contributed by atoms with Gasteiger partial charge < -0.3 is 4.57 Å². The number of para-hydroxylation sites is 2. The van der Waals surface area contributed by atoms with Crippen molar-refractivity contribution in [1.82, 2.24) is 29.1 Å². The molecule has 4 heterocycles.